The maximum absolute atomic E-state index is 5.49. The maximum atomic E-state index is 5.49. The van der Waals surface area contributed by atoms with Gasteiger partial charge in [-0.15, -0.1) is 0 Å². The molecule has 1 fully saturated rings. The molecular formula is C21H26N4O2. The summed E-state index contributed by atoms with van der Waals surface area (Å²) in [5.41, 5.74) is 2.41. The number of aromatic nitrogens is 2. The van der Waals surface area contributed by atoms with E-state index in [9.17, 15) is 0 Å². The number of rotatable bonds is 6. The fraction of sp³-hybridized carbons (Fsp3) is 0.381. The SMILES string of the molecule is COc1cccc(CCc2cc(N3CC=CC=C3N3CCOCC3)n[nH]2)c1. The average Bonchev–Trinajstić information content (AvgIpc) is 3.22. The average molecular weight is 366 g/mol. The van der Waals surface area contributed by atoms with Crippen LogP contribution in [0.15, 0.2) is 54.4 Å². The Morgan fingerprint density at radius 1 is 1.19 bits per heavy atom. The van der Waals surface area contributed by atoms with E-state index >= 15 is 0 Å². The van der Waals surface area contributed by atoms with E-state index in [0.717, 1.165) is 63.0 Å². The van der Waals surface area contributed by atoms with E-state index in [2.05, 4.69) is 56.4 Å². The number of hydrogen-bond donors (Lipinski definition) is 1. The third-order valence-electron chi connectivity index (χ3n) is 4.99. The van der Waals surface area contributed by atoms with Gasteiger partial charge in [0.1, 0.15) is 11.6 Å². The van der Waals surface area contributed by atoms with Gasteiger partial charge in [-0.3, -0.25) is 5.10 Å². The van der Waals surface area contributed by atoms with Crippen LogP contribution in [0.3, 0.4) is 0 Å². The summed E-state index contributed by atoms with van der Waals surface area (Å²) in [6, 6.07) is 10.4. The Bertz CT molecular complexity index is 821. The Hall–Kier alpha value is -2.73. The largest absolute Gasteiger partial charge is 0.497 e. The zero-order chi connectivity index (χ0) is 18.5. The molecule has 0 bridgehead atoms. The third-order valence-corrected chi connectivity index (χ3v) is 4.99. The Labute approximate surface area is 160 Å². The molecule has 0 aliphatic carbocycles. The van der Waals surface area contributed by atoms with E-state index in [-0.39, 0.29) is 0 Å². The standard InChI is InChI=1S/C21H26N4O2/c1-26-19-6-4-5-17(15-19)8-9-18-16-20(23-22-18)25-10-3-2-7-21(25)24-11-13-27-14-12-24/h2-7,15-16H,8-14H2,1H3,(H,22,23). The first-order valence-electron chi connectivity index (χ1n) is 9.48. The Morgan fingerprint density at radius 3 is 2.93 bits per heavy atom. The highest BCUT2D eigenvalue weighted by Crippen LogP contribution is 2.24. The molecule has 3 heterocycles. The van der Waals surface area contributed by atoms with Crippen molar-refractivity contribution in [1.82, 2.24) is 15.1 Å². The van der Waals surface area contributed by atoms with Gasteiger partial charge in [0, 0.05) is 31.4 Å². The topological polar surface area (TPSA) is 53.6 Å². The third kappa shape index (κ3) is 4.17. The van der Waals surface area contributed by atoms with Gasteiger partial charge < -0.3 is 19.3 Å². The lowest BCUT2D eigenvalue weighted by molar-refractivity contribution is 0.0524. The van der Waals surface area contributed by atoms with E-state index in [0.29, 0.717) is 0 Å². The summed E-state index contributed by atoms with van der Waals surface area (Å²) in [7, 11) is 1.70. The van der Waals surface area contributed by atoms with E-state index in [4.69, 9.17) is 9.47 Å². The van der Waals surface area contributed by atoms with E-state index < -0.39 is 0 Å². The maximum Gasteiger partial charge on any atom is 0.156 e. The van der Waals surface area contributed by atoms with Crippen molar-refractivity contribution in [3.8, 4) is 5.75 Å². The van der Waals surface area contributed by atoms with Crippen LogP contribution in [0.4, 0.5) is 5.82 Å². The minimum absolute atomic E-state index is 0.779. The fourth-order valence-electron chi connectivity index (χ4n) is 3.51. The molecule has 4 rings (SSSR count). The first-order chi connectivity index (χ1) is 13.3. The second-order valence-corrected chi connectivity index (χ2v) is 6.77. The van der Waals surface area contributed by atoms with Crippen LogP contribution in [-0.4, -0.2) is 55.1 Å². The lowest BCUT2D eigenvalue weighted by atomic mass is 10.1. The molecule has 142 valence electrons. The summed E-state index contributed by atoms with van der Waals surface area (Å²) in [5.74, 6) is 3.07. The predicted molar refractivity (Wildman–Crippen MR) is 106 cm³/mol. The molecule has 0 radical (unpaired) electrons. The molecule has 1 N–H and O–H groups in total. The van der Waals surface area contributed by atoms with Gasteiger partial charge in [0.2, 0.25) is 0 Å². The van der Waals surface area contributed by atoms with Crippen molar-refractivity contribution in [2.45, 2.75) is 12.8 Å². The quantitative estimate of drug-likeness (QED) is 0.852. The molecule has 0 unspecified atom stereocenters. The van der Waals surface area contributed by atoms with Gasteiger partial charge in [-0.25, -0.2) is 0 Å². The van der Waals surface area contributed by atoms with Crippen molar-refractivity contribution in [2.75, 3.05) is 44.9 Å². The molecule has 0 spiro atoms. The summed E-state index contributed by atoms with van der Waals surface area (Å²) < 4.78 is 10.8. The van der Waals surface area contributed by atoms with E-state index in [1.54, 1.807) is 7.11 Å². The second-order valence-electron chi connectivity index (χ2n) is 6.77. The Kier molecular flexibility index (Phi) is 5.44. The number of aromatic amines is 1. The van der Waals surface area contributed by atoms with Crippen LogP contribution in [0.5, 0.6) is 5.75 Å². The van der Waals surface area contributed by atoms with Crippen LogP contribution in [0, 0.1) is 0 Å². The van der Waals surface area contributed by atoms with Crippen LogP contribution in [0.2, 0.25) is 0 Å². The fourth-order valence-corrected chi connectivity index (χ4v) is 3.51. The molecule has 27 heavy (non-hydrogen) atoms. The number of hydrogen-bond acceptors (Lipinski definition) is 5. The van der Waals surface area contributed by atoms with Crippen LogP contribution in [0.1, 0.15) is 11.3 Å². The summed E-state index contributed by atoms with van der Waals surface area (Å²) in [6.07, 6.45) is 8.32. The molecule has 0 atom stereocenters. The van der Waals surface area contributed by atoms with Gasteiger partial charge >= 0.3 is 0 Å². The van der Waals surface area contributed by atoms with Crippen molar-refractivity contribution in [3.05, 3.63) is 65.6 Å². The monoisotopic (exact) mass is 366 g/mol. The molecule has 0 amide bonds. The van der Waals surface area contributed by atoms with Crippen LogP contribution >= 0.6 is 0 Å². The van der Waals surface area contributed by atoms with Crippen LogP contribution in [0.25, 0.3) is 0 Å². The highest BCUT2D eigenvalue weighted by Gasteiger charge is 2.22. The zero-order valence-corrected chi connectivity index (χ0v) is 15.7. The molecule has 2 aliphatic rings. The molecule has 1 aromatic heterocycles. The van der Waals surface area contributed by atoms with Gasteiger partial charge in [0.05, 0.1) is 20.3 Å². The zero-order valence-electron chi connectivity index (χ0n) is 15.7. The number of allylic oxidation sites excluding steroid dienone is 2. The lowest BCUT2D eigenvalue weighted by Gasteiger charge is -2.37. The van der Waals surface area contributed by atoms with E-state index in [1.807, 2.05) is 12.1 Å². The molecule has 1 aromatic carbocycles. The summed E-state index contributed by atoms with van der Waals surface area (Å²) >= 11 is 0. The van der Waals surface area contributed by atoms with Gasteiger partial charge in [-0.2, -0.15) is 5.10 Å². The van der Waals surface area contributed by atoms with Crippen molar-refractivity contribution >= 4 is 5.82 Å². The van der Waals surface area contributed by atoms with Gasteiger partial charge in [-0.1, -0.05) is 24.3 Å². The number of methoxy groups -OCH3 is 1. The Balaban J connectivity index is 1.43. The van der Waals surface area contributed by atoms with Crippen molar-refractivity contribution in [2.24, 2.45) is 0 Å². The molecule has 0 saturated carbocycles. The molecule has 2 aromatic rings. The number of anilines is 1. The summed E-state index contributed by atoms with van der Waals surface area (Å²) in [5, 5.41) is 7.78. The number of ether oxygens (including phenoxy) is 2. The lowest BCUT2D eigenvalue weighted by Crippen LogP contribution is -2.43. The predicted octanol–water partition coefficient (Wildman–Crippen LogP) is 2.75. The van der Waals surface area contributed by atoms with Gasteiger partial charge in [-0.05, 0) is 36.6 Å². The number of morpholine rings is 1. The normalized spacial score (nSPS) is 17.1. The second kappa shape index (κ2) is 8.31. The number of benzene rings is 1. The van der Waals surface area contributed by atoms with Crippen LogP contribution in [-0.2, 0) is 17.6 Å². The molecule has 6 heteroatoms. The number of aryl methyl sites for hydroxylation is 2. The molecule has 2 aliphatic heterocycles. The highest BCUT2D eigenvalue weighted by atomic mass is 16.5. The number of H-pyrrole nitrogens is 1. The van der Waals surface area contributed by atoms with Crippen LogP contribution < -0.4 is 9.64 Å². The van der Waals surface area contributed by atoms with Gasteiger partial charge in [0.15, 0.2) is 5.82 Å². The first kappa shape index (κ1) is 17.7. The van der Waals surface area contributed by atoms with E-state index in [1.165, 1.54) is 11.4 Å². The number of nitrogens with zero attached hydrogens (tertiary/aromatic N) is 3. The number of nitrogens with one attached hydrogen (secondary N) is 1. The molecule has 1 saturated heterocycles. The molecule has 6 nitrogen and oxygen atoms in total. The van der Waals surface area contributed by atoms with Crippen molar-refractivity contribution in [1.29, 1.82) is 0 Å². The minimum Gasteiger partial charge on any atom is -0.497 e. The minimum atomic E-state index is 0.779. The van der Waals surface area contributed by atoms with Gasteiger partial charge in [0.25, 0.3) is 0 Å². The summed E-state index contributed by atoms with van der Waals surface area (Å²) in [6.45, 7) is 4.23. The van der Waals surface area contributed by atoms with Crippen molar-refractivity contribution in [3.63, 3.8) is 0 Å². The first-order valence-corrected chi connectivity index (χ1v) is 9.48. The highest BCUT2D eigenvalue weighted by molar-refractivity contribution is 5.49. The smallest absolute Gasteiger partial charge is 0.156 e. The Morgan fingerprint density at radius 2 is 2.07 bits per heavy atom. The summed E-state index contributed by atoms with van der Waals surface area (Å²) in [4.78, 5) is 4.63. The van der Waals surface area contributed by atoms with Crippen molar-refractivity contribution < 1.29 is 9.47 Å². The molecular weight excluding hydrogens is 340 g/mol.